The van der Waals surface area contributed by atoms with E-state index < -0.39 is 5.67 Å². The van der Waals surface area contributed by atoms with Gasteiger partial charge in [0.1, 0.15) is 17.0 Å². The summed E-state index contributed by atoms with van der Waals surface area (Å²) in [5, 5.41) is 12.3. The van der Waals surface area contributed by atoms with Gasteiger partial charge in [0.05, 0.1) is 30.3 Å². The Bertz CT molecular complexity index is 1530. The van der Waals surface area contributed by atoms with E-state index in [9.17, 15) is 4.39 Å². The van der Waals surface area contributed by atoms with Crippen molar-refractivity contribution in [2.24, 2.45) is 5.41 Å². The number of rotatable bonds is 8. The molecule has 5 aromatic heterocycles. The van der Waals surface area contributed by atoms with E-state index in [0.717, 1.165) is 54.1 Å². The first-order chi connectivity index (χ1) is 17.5. The Labute approximate surface area is 207 Å². The van der Waals surface area contributed by atoms with Crippen LogP contribution in [-0.2, 0) is 13.1 Å². The largest absolute Gasteiger partial charge is 0.322 e. The molecule has 8 nitrogen and oxygen atoms in total. The molecule has 3 aliphatic rings. The minimum Gasteiger partial charge on any atom is -0.322 e. The Morgan fingerprint density at radius 2 is 1.92 bits per heavy atom. The number of hydrogen-bond acceptors (Lipinski definition) is 5. The highest BCUT2D eigenvalue weighted by Crippen LogP contribution is 2.70. The molecule has 3 fully saturated rings. The first-order valence-corrected chi connectivity index (χ1v) is 12.3. The summed E-state index contributed by atoms with van der Waals surface area (Å²) in [4.78, 5) is 9.11. The van der Waals surface area contributed by atoms with Crippen molar-refractivity contribution >= 4 is 5.65 Å². The Morgan fingerprint density at radius 1 is 1.08 bits per heavy atom. The zero-order valence-electron chi connectivity index (χ0n) is 20.0. The lowest BCUT2D eigenvalue weighted by atomic mass is 9.40. The molecule has 9 heteroatoms. The highest BCUT2D eigenvalue weighted by molar-refractivity contribution is 5.59. The summed E-state index contributed by atoms with van der Waals surface area (Å²) in [6.45, 7) is 3.47. The second-order valence-electron chi connectivity index (χ2n) is 10.5. The third kappa shape index (κ3) is 3.62. The van der Waals surface area contributed by atoms with Crippen molar-refractivity contribution in [3.8, 4) is 16.9 Å². The Balaban J connectivity index is 1.03. The quantitative estimate of drug-likeness (QED) is 0.359. The van der Waals surface area contributed by atoms with E-state index in [1.54, 1.807) is 10.9 Å². The molecule has 5 aromatic rings. The van der Waals surface area contributed by atoms with Crippen LogP contribution in [0.1, 0.15) is 37.4 Å². The number of nitrogens with zero attached hydrogens (tertiary/aromatic N) is 7. The van der Waals surface area contributed by atoms with Gasteiger partial charge in [0.25, 0.3) is 0 Å². The van der Waals surface area contributed by atoms with Gasteiger partial charge in [-0.05, 0) is 61.4 Å². The van der Waals surface area contributed by atoms with Crippen molar-refractivity contribution < 1.29 is 4.39 Å². The fraction of sp³-hybridized carbons (Fsp3) is 0.333. The minimum atomic E-state index is -0.851. The van der Waals surface area contributed by atoms with E-state index >= 15 is 0 Å². The summed E-state index contributed by atoms with van der Waals surface area (Å²) in [5.74, 6) is 0. The lowest BCUT2D eigenvalue weighted by molar-refractivity contribution is -0.226. The molecule has 3 saturated carbocycles. The Hall–Kier alpha value is -3.85. The number of aromatic nitrogens is 7. The molecule has 0 aromatic carbocycles. The monoisotopic (exact) mass is 482 g/mol. The molecule has 3 aliphatic carbocycles. The summed E-state index contributed by atoms with van der Waals surface area (Å²) in [7, 11) is 0. The number of hydrogen-bond donors (Lipinski definition) is 1. The highest BCUT2D eigenvalue weighted by atomic mass is 19.1. The van der Waals surface area contributed by atoms with Crippen LogP contribution in [0, 0.1) is 5.41 Å². The molecule has 2 bridgehead atoms. The van der Waals surface area contributed by atoms with E-state index in [0.29, 0.717) is 12.6 Å². The van der Waals surface area contributed by atoms with Crippen LogP contribution < -0.4 is 5.32 Å². The molecule has 1 atom stereocenters. The minimum absolute atomic E-state index is 0.178. The molecule has 182 valence electrons. The van der Waals surface area contributed by atoms with Crippen LogP contribution in [0.3, 0.4) is 0 Å². The maximum Gasteiger partial charge on any atom is 0.137 e. The fourth-order valence-electron chi connectivity index (χ4n) is 5.85. The van der Waals surface area contributed by atoms with E-state index in [1.807, 2.05) is 59.8 Å². The number of nitrogens with one attached hydrogen (secondary N) is 1. The number of fused-ring (bicyclic) bond motifs is 1. The van der Waals surface area contributed by atoms with Gasteiger partial charge in [-0.3, -0.25) is 4.98 Å². The summed E-state index contributed by atoms with van der Waals surface area (Å²) < 4.78 is 19.7. The molecule has 0 saturated heterocycles. The smallest absolute Gasteiger partial charge is 0.137 e. The first-order valence-electron chi connectivity index (χ1n) is 12.3. The van der Waals surface area contributed by atoms with Crippen molar-refractivity contribution in [3.63, 3.8) is 0 Å². The van der Waals surface area contributed by atoms with Gasteiger partial charge in [0.2, 0.25) is 0 Å². The van der Waals surface area contributed by atoms with Gasteiger partial charge in [-0.2, -0.15) is 0 Å². The maximum atomic E-state index is 13.9. The molecule has 0 radical (unpaired) electrons. The average molecular weight is 483 g/mol. The van der Waals surface area contributed by atoms with Crippen molar-refractivity contribution in [3.05, 3.63) is 85.0 Å². The molecular weight excluding hydrogens is 455 g/mol. The van der Waals surface area contributed by atoms with Crippen molar-refractivity contribution in [1.29, 1.82) is 0 Å². The normalized spacial score (nSPS) is 23.4. The lowest BCUT2D eigenvalue weighted by Crippen LogP contribution is -2.70. The van der Waals surface area contributed by atoms with E-state index in [2.05, 4.69) is 44.2 Å². The van der Waals surface area contributed by atoms with Crippen molar-refractivity contribution in [2.75, 3.05) is 0 Å². The molecule has 5 heterocycles. The van der Waals surface area contributed by atoms with Crippen LogP contribution in [0.4, 0.5) is 4.39 Å². The summed E-state index contributed by atoms with van der Waals surface area (Å²) in [5.41, 5.74) is 4.96. The van der Waals surface area contributed by atoms with Crippen molar-refractivity contribution in [2.45, 2.75) is 51.0 Å². The Kier molecular flexibility index (Phi) is 4.66. The third-order valence-electron chi connectivity index (χ3n) is 7.88. The zero-order chi connectivity index (χ0) is 24.3. The maximum absolute atomic E-state index is 13.9. The van der Waals surface area contributed by atoms with Gasteiger partial charge in [0, 0.05) is 49.1 Å². The van der Waals surface area contributed by atoms with Crippen LogP contribution in [-0.4, -0.2) is 45.6 Å². The molecule has 0 spiro atoms. The number of imidazole rings is 1. The van der Waals surface area contributed by atoms with Crippen LogP contribution in [0.2, 0.25) is 0 Å². The SMILES string of the molecule is CC(NCc1ccc2nc(Cn3cc(-c4cncc(-n5cccc5)c4)nn3)cn2c1)C12CC(F)(C1)C2. The molecule has 1 N–H and O–H groups in total. The van der Waals surface area contributed by atoms with Crippen LogP contribution >= 0.6 is 0 Å². The predicted molar refractivity (Wildman–Crippen MR) is 133 cm³/mol. The van der Waals surface area contributed by atoms with Crippen LogP contribution in [0.25, 0.3) is 22.6 Å². The summed E-state index contributed by atoms with van der Waals surface area (Å²) >= 11 is 0. The molecule has 0 aliphatic heterocycles. The van der Waals surface area contributed by atoms with E-state index in [1.165, 1.54) is 5.56 Å². The number of alkyl halides is 1. The second kappa shape index (κ2) is 7.83. The van der Waals surface area contributed by atoms with E-state index in [-0.39, 0.29) is 5.41 Å². The van der Waals surface area contributed by atoms with Gasteiger partial charge >= 0.3 is 0 Å². The molecule has 0 amide bonds. The van der Waals surface area contributed by atoms with E-state index in [4.69, 9.17) is 4.98 Å². The molecule has 36 heavy (non-hydrogen) atoms. The van der Waals surface area contributed by atoms with Gasteiger partial charge < -0.3 is 14.3 Å². The number of halogens is 1. The van der Waals surface area contributed by atoms with Gasteiger partial charge in [-0.15, -0.1) is 5.10 Å². The standard InChI is InChI=1S/C27H27FN8/c1-19(26-16-27(28,17-26)18-26)30-9-20-4-5-25-31-22(13-35(25)12-20)14-36-15-24(32-33-36)21-8-23(11-29-10-21)34-6-2-3-7-34/h2-8,10-13,15,19,30H,9,14,16-18H2,1H3. The highest BCUT2D eigenvalue weighted by Gasteiger charge is 2.70. The number of pyridine rings is 2. The predicted octanol–water partition coefficient (Wildman–Crippen LogP) is 4.20. The molecular formula is C27H27FN8. The first kappa shape index (κ1) is 21.4. The van der Waals surface area contributed by atoms with Crippen LogP contribution in [0.5, 0.6) is 0 Å². The summed E-state index contributed by atoms with van der Waals surface area (Å²) in [6, 6.07) is 10.5. The fourth-order valence-corrected chi connectivity index (χ4v) is 5.85. The lowest BCUT2D eigenvalue weighted by Gasteiger charge is -2.68. The Morgan fingerprint density at radius 3 is 2.72 bits per heavy atom. The van der Waals surface area contributed by atoms with Gasteiger partial charge in [-0.25, -0.2) is 14.1 Å². The third-order valence-corrected chi connectivity index (χ3v) is 7.88. The topological polar surface area (TPSA) is 77.9 Å². The van der Waals surface area contributed by atoms with Crippen molar-refractivity contribution in [1.82, 2.24) is 39.2 Å². The molecule has 1 unspecified atom stereocenters. The summed E-state index contributed by atoms with van der Waals surface area (Å²) in [6.07, 6.45) is 15.8. The zero-order valence-corrected chi connectivity index (χ0v) is 20.0. The second-order valence-corrected chi connectivity index (χ2v) is 10.5. The average Bonchev–Trinajstić information content (AvgIpc) is 3.61. The molecule has 8 rings (SSSR count). The van der Waals surface area contributed by atoms with Gasteiger partial charge in [-0.1, -0.05) is 11.3 Å². The van der Waals surface area contributed by atoms with Crippen LogP contribution in [0.15, 0.2) is 73.7 Å². The van der Waals surface area contributed by atoms with Gasteiger partial charge in [0.15, 0.2) is 0 Å².